The van der Waals surface area contributed by atoms with Gasteiger partial charge in [0, 0.05) is 12.2 Å². The minimum absolute atomic E-state index is 0.468. The number of rotatable bonds is 4. The van der Waals surface area contributed by atoms with Crippen molar-refractivity contribution in [3.8, 4) is 0 Å². The van der Waals surface area contributed by atoms with Gasteiger partial charge >= 0.3 is 0 Å². The number of nitrogens with two attached hydrogens (primary N) is 1. The molecule has 2 heterocycles. The molecule has 4 N–H and O–H groups in total. The lowest BCUT2D eigenvalue weighted by Gasteiger charge is -2.16. The largest absolute Gasteiger partial charge is 0.393 e. The van der Waals surface area contributed by atoms with Gasteiger partial charge in [-0.25, -0.2) is 15.0 Å². The molecule has 2 aromatic heterocycles. The van der Waals surface area contributed by atoms with Gasteiger partial charge in [0.2, 0.25) is 0 Å². The van der Waals surface area contributed by atoms with Gasteiger partial charge in [-0.2, -0.15) is 0 Å². The standard InChI is InChI=1S/C14H18N6/c15-12-13(19-10-5-1-2-6-10)17-9-18-14(12)20-11-7-3-4-8-16-11/h3-4,7-10H,1-2,5-6,15H2,(H2,16,17,18,19,20). The Labute approximate surface area is 117 Å². The molecule has 1 aliphatic carbocycles. The number of hydrogen-bond acceptors (Lipinski definition) is 6. The lowest BCUT2D eigenvalue weighted by molar-refractivity contribution is 0.750. The van der Waals surface area contributed by atoms with E-state index in [0.29, 0.717) is 29.2 Å². The SMILES string of the molecule is Nc1c(Nc2ccccn2)ncnc1NC1CCCC1. The average molecular weight is 270 g/mol. The minimum atomic E-state index is 0.468. The Morgan fingerprint density at radius 3 is 2.60 bits per heavy atom. The molecule has 1 fully saturated rings. The molecule has 2 aromatic rings. The smallest absolute Gasteiger partial charge is 0.160 e. The predicted octanol–water partition coefficient (Wildman–Crippen LogP) is 2.55. The Morgan fingerprint density at radius 2 is 1.85 bits per heavy atom. The molecule has 1 saturated carbocycles. The second kappa shape index (κ2) is 5.73. The summed E-state index contributed by atoms with van der Waals surface area (Å²) in [4.78, 5) is 12.6. The van der Waals surface area contributed by atoms with E-state index < -0.39 is 0 Å². The van der Waals surface area contributed by atoms with E-state index in [9.17, 15) is 0 Å². The summed E-state index contributed by atoms with van der Waals surface area (Å²) in [6.45, 7) is 0. The monoisotopic (exact) mass is 270 g/mol. The Hall–Kier alpha value is -2.37. The van der Waals surface area contributed by atoms with Gasteiger partial charge in [0.15, 0.2) is 11.6 Å². The van der Waals surface area contributed by atoms with Crippen LogP contribution in [0.2, 0.25) is 0 Å². The molecule has 0 bridgehead atoms. The lowest BCUT2D eigenvalue weighted by atomic mass is 10.2. The third-order valence-electron chi connectivity index (χ3n) is 3.49. The highest BCUT2D eigenvalue weighted by atomic mass is 15.1. The Morgan fingerprint density at radius 1 is 1.05 bits per heavy atom. The molecule has 0 saturated heterocycles. The number of aromatic nitrogens is 3. The molecule has 0 unspecified atom stereocenters. The zero-order valence-corrected chi connectivity index (χ0v) is 11.2. The molecule has 1 aliphatic rings. The summed E-state index contributed by atoms with van der Waals surface area (Å²) in [6, 6.07) is 6.10. The molecule has 0 amide bonds. The molecule has 3 rings (SSSR count). The van der Waals surface area contributed by atoms with Gasteiger partial charge in [-0.05, 0) is 25.0 Å². The second-order valence-corrected chi connectivity index (χ2v) is 4.95. The van der Waals surface area contributed by atoms with Crippen molar-refractivity contribution in [2.24, 2.45) is 0 Å². The normalized spacial score (nSPS) is 15.2. The molecule has 104 valence electrons. The van der Waals surface area contributed by atoms with E-state index in [4.69, 9.17) is 5.73 Å². The van der Waals surface area contributed by atoms with Crippen molar-refractivity contribution in [3.05, 3.63) is 30.7 Å². The zero-order chi connectivity index (χ0) is 13.8. The Balaban J connectivity index is 1.78. The first-order valence-electron chi connectivity index (χ1n) is 6.88. The summed E-state index contributed by atoms with van der Waals surface area (Å²) in [5.41, 5.74) is 6.66. The van der Waals surface area contributed by atoms with Crippen LogP contribution in [0.15, 0.2) is 30.7 Å². The van der Waals surface area contributed by atoms with Crippen molar-refractivity contribution in [1.82, 2.24) is 15.0 Å². The highest BCUT2D eigenvalue weighted by molar-refractivity contribution is 5.76. The van der Waals surface area contributed by atoms with Crippen LogP contribution >= 0.6 is 0 Å². The van der Waals surface area contributed by atoms with Crippen molar-refractivity contribution >= 4 is 23.1 Å². The van der Waals surface area contributed by atoms with Crippen molar-refractivity contribution in [2.75, 3.05) is 16.4 Å². The van der Waals surface area contributed by atoms with E-state index in [-0.39, 0.29) is 0 Å². The van der Waals surface area contributed by atoms with Crippen molar-refractivity contribution in [1.29, 1.82) is 0 Å². The maximum Gasteiger partial charge on any atom is 0.160 e. The predicted molar refractivity (Wildman–Crippen MR) is 79.8 cm³/mol. The Kier molecular flexibility index (Phi) is 3.62. The van der Waals surface area contributed by atoms with E-state index in [1.165, 1.54) is 32.0 Å². The summed E-state index contributed by atoms with van der Waals surface area (Å²) in [5.74, 6) is 1.99. The molecule has 6 nitrogen and oxygen atoms in total. The van der Waals surface area contributed by atoms with E-state index in [2.05, 4.69) is 25.6 Å². The third kappa shape index (κ3) is 2.79. The van der Waals surface area contributed by atoms with Gasteiger partial charge in [0.05, 0.1) is 0 Å². The van der Waals surface area contributed by atoms with Crippen LogP contribution in [0, 0.1) is 0 Å². The van der Waals surface area contributed by atoms with Crippen LogP contribution in [0.4, 0.5) is 23.1 Å². The second-order valence-electron chi connectivity index (χ2n) is 4.95. The van der Waals surface area contributed by atoms with E-state index in [0.717, 1.165) is 0 Å². The van der Waals surface area contributed by atoms with Crippen LogP contribution in [0.1, 0.15) is 25.7 Å². The first-order chi connectivity index (χ1) is 9.83. The first kappa shape index (κ1) is 12.7. The molecule has 0 aromatic carbocycles. The minimum Gasteiger partial charge on any atom is -0.393 e. The molecule has 20 heavy (non-hydrogen) atoms. The van der Waals surface area contributed by atoms with Gasteiger partial charge < -0.3 is 16.4 Å². The molecule has 0 radical (unpaired) electrons. The summed E-state index contributed by atoms with van der Waals surface area (Å²) >= 11 is 0. The van der Waals surface area contributed by atoms with Crippen LogP contribution in [0.25, 0.3) is 0 Å². The number of pyridine rings is 1. The Bertz CT molecular complexity index is 565. The highest BCUT2D eigenvalue weighted by Gasteiger charge is 2.17. The van der Waals surface area contributed by atoms with Crippen molar-refractivity contribution < 1.29 is 0 Å². The fourth-order valence-electron chi connectivity index (χ4n) is 2.43. The third-order valence-corrected chi connectivity index (χ3v) is 3.49. The van der Waals surface area contributed by atoms with E-state index >= 15 is 0 Å². The summed E-state index contributed by atoms with van der Waals surface area (Å²) < 4.78 is 0. The first-order valence-corrected chi connectivity index (χ1v) is 6.88. The summed E-state index contributed by atoms with van der Waals surface area (Å²) in [7, 11) is 0. The molecular weight excluding hydrogens is 252 g/mol. The summed E-state index contributed by atoms with van der Waals surface area (Å²) in [6.07, 6.45) is 8.11. The number of anilines is 4. The van der Waals surface area contributed by atoms with E-state index in [1.54, 1.807) is 6.20 Å². The average Bonchev–Trinajstić information content (AvgIpc) is 2.97. The van der Waals surface area contributed by atoms with Crippen LogP contribution in [0.5, 0.6) is 0 Å². The van der Waals surface area contributed by atoms with Crippen molar-refractivity contribution in [3.63, 3.8) is 0 Å². The van der Waals surface area contributed by atoms with Gasteiger partial charge in [0.1, 0.15) is 17.8 Å². The fourth-order valence-corrected chi connectivity index (χ4v) is 2.43. The number of hydrogen-bond donors (Lipinski definition) is 3. The van der Waals surface area contributed by atoms with Crippen LogP contribution in [0.3, 0.4) is 0 Å². The van der Waals surface area contributed by atoms with Gasteiger partial charge in [-0.15, -0.1) is 0 Å². The quantitative estimate of drug-likeness (QED) is 0.791. The van der Waals surface area contributed by atoms with Crippen molar-refractivity contribution in [2.45, 2.75) is 31.7 Å². The fraction of sp³-hybridized carbons (Fsp3) is 0.357. The molecule has 0 atom stereocenters. The summed E-state index contributed by atoms with van der Waals surface area (Å²) in [5, 5.41) is 6.51. The molecule has 0 spiro atoms. The molecular formula is C14H18N6. The molecule has 6 heteroatoms. The van der Waals surface area contributed by atoms with Gasteiger partial charge in [0.25, 0.3) is 0 Å². The van der Waals surface area contributed by atoms with Crippen LogP contribution < -0.4 is 16.4 Å². The zero-order valence-electron chi connectivity index (χ0n) is 11.2. The maximum absolute atomic E-state index is 6.13. The topological polar surface area (TPSA) is 88.8 Å². The van der Waals surface area contributed by atoms with Crippen LogP contribution in [-0.2, 0) is 0 Å². The number of nitrogens with zero attached hydrogens (tertiary/aromatic N) is 3. The van der Waals surface area contributed by atoms with Gasteiger partial charge in [-0.1, -0.05) is 18.9 Å². The van der Waals surface area contributed by atoms with Gasteiger partial charge in [-0.3, -0.25) is 0 Å². The highest BCUT2D eigenvalue weighted by Crippen LogP contribution is 2.28. The van der Waals surface area contributed by atoms with Crippen LogP contribution in [-0.4, -0.2) is 21.0 Å². The van der Waals surface area contributed by atoms with E-state index in [1.807, 2.05) is 18.2 Å². The number of nitrogen functional groups attached to an aromatic ring is 1. The lowest BCUT2D eigenvalue weighted by Crippen LogP contribution is -2.17. The molecule has 0 aliphatic heterocycles. The maximum atomic E-state index is 6.13. The number of nitrogens with one attached hydrogen (secondary N) is 2.